The zero-order valence-electron chi connectivity index (χ0n) is 12.2. The Hall–Kier alpha value is -1.84. The number of rotatable bonds is 8. The third kappa shape index (κ3) is 6.36. The molecule has 0 aromatic heterocycles. The van der Waals surface area contributed by atoms with E-state index in [1.165, 1.54) is 11.1 Å². The average molecular weight is 277 g/mol. The lowest BCUT2D eigenvalue weighted by Gasteiger charge is -2.07. The first-order valence-electron chi connectivity index (χ1n) is 7.06. The van der Waals surface area contributed by atoms with Gasteiger partial charge in [-0.15, -0.1) is 0 Å². The van der Waals surface area contributed by atoms with Crippen LogP contribution in [0.4, 0.5) is 0 Å². The highest BCUT2D eigenvalue weighted by atomic mass is 16.4. The van der Waals surface area contributed by atoms with Crippen molar-refractivity contribution in [3.63, 3.8) is 0 Å². The molecule has 0 radical (unpaired) electrons. The number of carboxylic acid groups (broad SMARTS) is 1. The highest BCUT2D eigenvalue weighted by Crippen LogP contribution is 2.15. The molecule has 1 rings (SSSR count). The summed E-state index contributed by atoms with van der Waals surface area (Å²) in [6.45, 7) is 4.53. The second kappa shape index (κ2) is 8.35. The van der Waals surface area contributed by atoms with Gasteiger partial charge in [0, 0.05) is 13.0 Å². The number of carbonyl (C=O) groups excluding carboxylic acids is 1. The number of hydrogen-bond acceptors (Lipinski definition) is 2. The number of hydrogen-bond donors (Lipinski definition) is 2. The van der Waals surface area contributed by atoms with Crippen LogP contribution in [0.15, 0.2) is 24.3 Å². The number of carbonyl (C=O) groups is 2. The molecule has 0 atom stereocenters. The SMILES string of the molecule is CC(C)c1ccc(CCCC(=O)NCCC(=O)O)cc1. The Labute approximate surface area is 120 Å². The quantitative estimate of drug-likeness (QED) is 0.767. The van der Waals surface area contributed by atoms with Gasteiger partial charge >= 0.3 is 5.97 Å². The van der Waals surface area contributed by atoms with Gasteiger partial charge in [-0.2, -0.15) is 0 Å². The van der Waals surface area contributed by atoms with Gasteiger partial charge < -0.3 is 10.4 Å². The molecule has 1 aromatic carbocycles. The molecule has 0 saturated heterocycles. The second-order valence-corrected chi connectivity index (χ2v) is 5.24. The lowest BCUT2D eigenvalue weighted by Crippen LogP contribution is -2.25. The van der Waals surface area contributed by atoms with E-state index < -0.39 is 5.97 Å². The van der Waals surface area contributed by atoms with E-state index in [0.29, 0.717) is 12.3 Å². The molecule has 0 unspecified atom stereocenters. The molecule has 0 aliphatic carbocycles. The van der Waals surface area contributed by atoms with Crippen LogP contribution in [0.2, 0.25) is 0 Å². The third-order valence-electron chi connectivity index (χ3n) is 3.18. The summed E-state index contributed by atoms with van der Waals surface area (Å²) in [6.07, 6.45) is 2.05. The molecule has 2 N–H and O–H groups in total. The van der Waals surface area contributed by atoms with Crippen molar-refractivity contribution in [1.29, 1.82) is 0 Å². The van der Waals surface area contributed by atoms with E-state index in [1.54, 1.807) is 0 Å². The number of aryl methyl sites for hydroxylation is 1. The van der Waals surface area contributed by atoms with Gasteiger partial charge in [0.05, 0.1) is 6.42 Å². The normalized spacial score (nSPS) is 10.6. The van der Waals surface area contributed by atoms with Crippen molar-refractivity contribution in [3.8, 4) is 0 Å². The van der Waals surface area contributed by atoms with E-state index in [0.717, 1.165) is 12.8 Å². The molecule has 20 heavy (non-hydrogen) atoms. The predicted molar refractivity (Wildman–Crippen MR) is 78.7 cm³/mol. The van der Waals surface area contributed by atoms with Crippen LogP contribution < -0.4 is 5.32 Å². The molecule has 4 heteroatoms. The number of nitrogens with one attached hydrogen (secondary N) is 1. The molecule has 1 aromatic rings. The highest BCUT2D eigenvalue weighted by Gasteiger charge is 2.03. The van der Waals surface area contributed by atoms with E-state index in [4.69, 9.17) is 5.11 Å². The maximum absolute atomic E-state index is 11.5. The molecule has 110 valence electrons. The van der Waals surface area contributed by atoms with Gasteiger partial charge in [-0.1, -0.05) is 38.1 Å². The number of benzene rings is 1. The lowest BCUT2D eigenvalue weighted by molar-refractivity contribution is -0.136. The molecular weight excluding hydrogens is 254 g/mol. The molecule has 1 amide bonds. The minimum atomic E-state index is -0.893. The third-order valence-corrected chi connectivity index (χ3v) is 3.18. The summed E-state index contributed by atoms with van der Waals surface area (Å²) in [5, 5.41) is 11.1. The molecule has 4 nitrogen and oxygen atoms in total. The van der Waals surface area contributed by atoms with E-state index in [9.17, 15) is 9.59 Å². The van der Waals surface area contributed by atoms with Crippen LogP contribution in [-0.2, 0) is 16.0 Å². The second-order valence-electron chi connectivity index (χ2n) is 5.24. The number of amides is 1. The maximum Gasteiger partial charge on any atom is 0.305 e. The van der Waals surface area contributed by atoms with Gasteiger partial charge in [0.1, 0.15) is 0 Å². The Balaban J connectivity index is 2.23. The largest absolute Gasteiger partial charge is 0.481 e. The fourth-order valence-electron chi connectivity index (χ4n) is 1.92. The Bertz CT molecular complexity index is 438. The highest BCUT2D eigenvalue weighted by molar-refractivity contribution is 5.76. The van der Waals surface area contributed by atoms with Crippen LogP contribution in [0.5, 0.6) is 0 Å². The molecule has 0 spiro atoms. The summed E-state index contributed by atoms with van der Waals surface area (Å²) in [5.41, 5.74) is 2.55. The summed E-state index contributed by atoms with van der Waals surface area (Å²) < 4.78 is 0. The van der Waals surface area contributed by atoms with Gasteiger partial charge in [-0.3, -0.25) is 9.59 Å². The van der Waals surface area contributed by atoms with Crippen LogP contribution in [0.3, 0.4) is 0 Å². The first-order valence-corrected chi connectivity index (χ1v) is 7.06. The molecule has 0 aliphatic rings. The Morgan fingerprint density at radius 2 is 1.80 bits per heavy atom. The maximum atomic E-state index is 11.5. The van der Waals surface area contributed by atoms with Crippen molar-refractivity contribution >= 4 is 11.9 Å². The van der Waals surface area contributed by atoms with Crippen molar-refractivity contribution in [2.45, 2.75) is 45.4 Å². The number of aliphatic carboxylic acids is 1. The van der Waals surface area contributed by atoms with Crippen molar-refractivity contribution in [2.75, 3.05) is 6.54 Å². The van der Waals surface area contributed by atoms with Crippen LogP contribution >= 0.6 is 0 Å². The zero-order chi connectivity index (χ0) is 15.0. The predicted octanol–water partition coefficient (Wildman–Crippen LogP) is 2.72. The zero-order valence-corrected chi connectivity index (χ0v) is 12.2. The first kappa shape index (κ1) is 16.2. The molecular formula is C16H23NO3. The van der Waals surface area contributed by atoms with Gasteiger partial charge in [-0.05, 0) is 29.9 Å². The molecule has 0 heterocycles. The van der Waals surface area contributed by atoms with Crippen molar-refractivity contribution < 1.29 is 14.7 Å². The van der Waals surface area contributed by atoms with Crippen LogP contribution in [-0.4, -0.2) is 23.5 Å². The molecule has 0 bridgehead atoms. The van der Waals surface area contributed by atoms with E-state index in [-0.39, 0.29) is 18.9 Å². The smallest absolute Gasteiger partial charge is 0.305 e. The van der Waals surface area contributed by atoms with Crippen molar-refractivity contribution in [2.24, 2.45) is 0 Å². The Kier molecular flexibility index (Phi) is 6.77. The van der Waals surface area contributed by atoms with Crippen LogP contribution in [0.1, 0.15) is 50.2 Å². The molecule has 0 saturated carbocycles. The summed E-state index contributed by atoms with van der Waals surface area (Å²) >= 11 is 0. The summed E-state index contributed by atoms with van der Waals surface area (Å²) in [7, 11) is 0. The monoisotopic (exact) mass is 277 g/mol. The summed E-state index contributed by atoms with van der Waals surface area (Å²) in [4.78, 5) is 21.8. The first-order chi connectivity index (χ1) is 9.49. The topological polar surface area (TPSA) is 66.4 Å². The fraction of sp³-hybridized carbons (Fsp3) is 0.500. The summed E-state index contributed by atoms with van der Waals surface area (Å²) in [5.74, 6) is -0.440. The molecule has 0 aliphatic heterocycles. The van der Waals surface area contributed by atoms with Gasteiger partial charge in [0.2, 0.25) is 5.91 Å². The van der Waals surface area contributed by atoms with Crippen LogP contribution in [0, 0.1) is 0 Å². The van der Waals surface area contributed by atoms with E-state index in [2.05, 4.69) is 43.4 Å². The lowest BCUT2D eigenvalue weighted by atomic mass is 10.00. The van der Waals surface area contributed by atoms with Gasteiger partial charge in [0.15, 0.2) is 0 Å². The standard InChI is InChI=1S/C16H23NO3/c1-12(2)14-8-6-13(7-9-14)4-3-5-15(18)17-11-10-16(19)20/h6-9,12H,3-5,10-11H2,1-2H3,(H,17,18)(H,19,20). The van der Waals surface area contributed by atoms with Crippen molar-refractivity contribution in [1.82, 2.24) is 5.32 Å². The minimum Gasteiger partial charge on any atom is -0.481 e. The minimum absolute atomic E-state index is 0.0254. The van der Waals surface area contributed by atoms with Crippen LogP contribution in [0.25, 0.3) is 0 Å². The van der Waals surface area contributed by atoms with Crippen molar-refractivity contribution in [3.05, 3.63) is 35.4 Å². The fourth-order valence-corrected chi connectivity index (χ4v) is 1.92. The Morgan fingerprint density at radius 1 is 1.15 bits per heavy atom. The van der Waals surface area contributed by atoms with Gasteiger partial charge in [0.25, 0.3) is 0 Å². The number of carboxylic acids is 1. The average Bonchev–Trinajstić information content (AvgIpc) is 2.39. The van der Waals surface area contributed by atoms with E-state index >= 15 is 0 Å². The van der Waals surface area contributed by atoms with Gasteiger partial charge in [-0.25, -0.2) is 0 Å². The summed E-state index contributed by atoms with van der Waals surface area (Å²) in [6, 6.07) is 8.48. The van der Waals surface area contributed by atoms with E-state index in [1.807, 2.05) is 0 Å². The molecule has 0 fully saturated rings. The Morgan fingerprint density at radius 3 is 2.35 bits per heavy atom.